The van der Waals surface area contributed by atoms with E-state index in [4.69, 9.17) is 4.74 Å². The van der Waals surface area contributed by atoms with Gasteiger partial charge in [0.25, 0.3) is 0 Å². The molecule has 2 rings (SSSR count). The molecular weight excluding hydrogens is 278 g/mol. The molecule has 2 aromatic rings. The molecule has 0 aliphatic heterocycles. The van der Waals surface area contributed by atoms with Crippen molar-refractivity contribution in [2.45, 2.75) is 32.6 Å². The van der Waals surface area contributed by atoms with Gasteiger partial charge in [0.1, 0.15) is 5.41 Å². The van der Waals surface area contributed by atoms with Crippen LogP contribution < -0.4 is 0 Å². The van der Waals surface area contributed by atoms with Gasteiger partial charge in [0.2, 0.25) is 0 Å². The number of thiazole rings is 1. The number of esters is 1. The van der Waals surface area contributed by atoms with Gasteiger partial charge in [-0.05, 0) is 32.2 Å². The Bertz CT molecular complexity index is 544. The molecule has 0 aromatic carbocycles. The Balaban J connectivity index is 2.14. The molecular formula is C14H17NO2S2. The third-order valence-corrected chi connectivity index (χ3v) is 4.61. The van der Waals surface area contributed by atoms with Crippen LogP contribution in [0.2, 0.25) is 0 Å². The quantitative estimate of drug-likeness (QED) is 0.791. The zero-order chi connectivity index (χ0) is 13.9. The third-order valence-electron chi connectivity index (χ3n) is 2.88. The lowest BCUT2D eigenvalue weighted by Crippen LogP contribution is -2.31. The van der Waals surface area contributed by atoms with Gasteiger partial charge in [0, 0.05) is 16.7 Å². The maximum atomic E-state index is 11.9. The first-order chi connectivity index (χ1) is 9.04. The Labute approximate surface area is 121 Å². The molecule has 19 heavy (non-hydrogen) atoms. The number of aromatic nitrogens is 1. The van der Waals surface area contributed by atoms with Crippen LogP contribution in [0.5, 0.6) is 0 Å². The van der Waals surface area contributed by atoms with Gasteiger partial charge < -0.3 is 4.74 Å². The monoisotopic (exact) mass is 295 g/mol. The molecule has 102 valence electrons. The summed E-state index contributed by atoms with van der Waals surface area (Å²) in [5, 5.41) is 5.06. The minimum absolute atomic E-state index is 0.219. The van der Waals surface area contributed by atoms with Gasteiger partial charge in [-0.3, -0.25) is 4.79 Å². The standard InChI is InChI=1S/C14H17NO2S2/c1-4-17-13(16)14(2,3)11-9-19-12(15-11)8-10-6-5-7-18-10/h5-7,9H,4,8H2,1-3H3. The molecule has 0 saturated heterocycles. The highest BCUT2D eigenvalue weighted by Gasteiger charge is 2.33. The minimum atomic E-state index is -0.680. The fraction of sp³-hybridized carbons (Fsp3) is 0.429. The summed E-state index contributed by atoms with van der Waals surface area (Å²) in [6.45, 7) is 5.93. The van der Waals surface area contributed by atoms with Crippen molar-refractivity contribution in [2.24, 2.45) is 0 Å². The van der Waals surface area contributed by atoms with Crippen LogP contribution in [0.25, 0.3) is 0 Å². The van der Waals surface area contributed by atoms with Crippen molar-refractivity contribution < 1.29 is 9.53 Å². The fourth-order valence-electron chi connectivity index (χ4n) is 1.66. The average Bonchev–Trinajstić information content (AvgIpc) is 3.01. The van der Waals surface area contributed by atoms with Gasteiger partial charge in [-0.25, -0.2) is 4.98 Å². The number of ether oxygens (including phenoxy) is 1. The summed E-state index contributed by atoms with van der Waals surface area (Å²) in [7, 11) is 0. The smallest absolute Gasteiger partial charge is 0.317 e. The van der Waals surface area contributed by atoms with Crippen molar-refractivity contribution in [3.8, 4) is 0 Å². The van der Waals surface area contributed by atoms with Crippen molar-refractivity contribution in [1.82, 2.24) is 4.98 Å². The molecule has 0 aliphatic rings. The van der Waals surface area contributed by atoms with E-state index < -0.39 is 5.41 Å². The maximum absolute atomic E-state index is 11.9. The van der Waals surface area contributed by atoms with E-state index in [0.717, 1.165) is 17.1 Å². The van der Waals surface area contributed by atoms with Gasteiger partial charge in [-0.2, -0.15) is 0 Å². The van der Waals surface area contributed by atoms with Gasteiger partial charge in [-0.1, -0.05) is 6.07 Å². The van der Waals surface area contributed by atoms with Crippen molar-refractivity contribution in [2.75, 3.05) is 6.61 Å². The largest absolute Gasteiger partial charge is 0.465 e. The first-order valence-corrected chi connectivity index (χ1v) is 7.94. The molecule has 0 bridgehead atoms. The second kappa shape index (κ2) is 5.84. The lowest BCUT2D eigenvalue weighted by atomic mass is 9.90. The molecule has 2 aromatic heterocycles. The van der Waals surface area contributed by atoms with Gasteiger partial charge in [-0.15, -0.1) is 22.7 Å². The highest BCUT2D eigenvalue weighted by atomic mass is 32.1. The summed E-state index contributed by atoms with van der Waals surface area (Å²) in [6, 6.07) is 4.14. The summed E-state index contributed by atoms with van der Waals surface area (Å²) >= 11 is 3.32. The average molecular weight is 295 g/mol. The highest BCUT2D eigenvalue weighted by molar-refractivity contribution is 7.11. The zero-order valence-electron chi connectivity index (χ0n) is 11.3. The third kappa shape index (κ3) is 3.22. The van der Waals surface area contributed by atoms with Crippen LogP contribution in [-0.2, 0) is 21.4 Å². The lowest BCUT2D eigenvalue weighted by molar-refractivity contribution is -0.148. The Morgan fingerprint density at radius 1 is 1.42 bits per heavy atom. The summed E-state index contributed by atoms with van der Waals surface area (Å²) in [5.74, 6) is -0.219. The molecule has 0 unspecified atom stereocenters. The van der Waals surface area contributed by atoms with Gasteiger partial charge in [0.05, 0.1) is 17.3 Å². The molecule has 0 radical (unpaired) electrons. The summed E-state index contributed by atoms with van der Waals surface area (Å²) in [4.78, 5) is 17.8. The topological polar surface area (TPSA) is 39.2 Å². The van der Waals surface area contributed by atoms with E-state index in [-0.39, 0.29) is 5.97 Å². The molecule has 3 nitrogen and oxygen atoms in total. The molecule has 0 amide bonds. The van der Waals surface area contributed by atoms with E-state index in [1.54, 1.807) is 22.7 Å². The number of carbonyl (C=O) groups excluding carboxylic acids is 1. The van der Waals surface area contributed by atoms with E-state index >= 15 is 0 Å². The van der Waals surface area contributed by atoms with Crippen LogP contribution >= 0.6 is 22.7 Å². The molecule has 5 heteroatoms. The van der Waals surface area contributed by atoms with Crippen LogP contribution in [0.1, 0.15) is 36.3 Å². The summed E-state index contributed by atoms with van der Waals surface area (Å²) in [5.41, 5.74) is 0.114. The summed E-state index contributed by atoms with van der Waals surface area (Å²) in [6.07, 6.45) is 0.835. The van der Waals surface area contributed by atoms with Crippen LogP contribution in [0.3, 0.4) is 0 Å². The number of carbonyl (C=O) groups is 1. The Hall–Kier alpha value is -1.20. The highest BCUT2D eigenvalue weighted by Crippen LogP contribution is 2.27. The lowest BCUT2D eigenvalue weighted by Gasteiger charge is -2.19. The molecule has 0 N–H and O–H groups in total. The minimum Gasteiger partial charge on any atom is -0.465 e. The van der Waals surface area contributed by atoms with Gasteiger partial charge >= 0.3 is 5.97 Å². The van der Waals surface area contributed by atoms with E-state index in [1.165, 1.54) is 4.88 Å². The van der Waals surface area contributed by atoms with Crippen LogP contribution in [0, 0.1) is 0 Å². The van der Waals surface area contributed by atoms with Crippen molar-refractivity contribution in [1.29, 1.82) is 0 Å². The zero-order valence-corrected chi connectivity index (χ0v) is 12.9. The van der Waals surface area contributed by atoms with Crippen LogP contribution in [0.15, 0.2) is 22.9 Å². The SMILES string of the molecule is CCOC(=O)C(C)(C)c1csc(Cc2cccs2)n1. The van der Waals surface area contributed by atoms with Crippen molar-refractivity contribution in [3.05, 3.63) is 38.5 Å². The second-order valence-electron chi connectivity index (χ2n) is 4.73. The summed E-state index contributed by atoms with van der Waals surface area (Å²) < 4.78 is 5.10. The number of rotatable bonds is 5. The maximum Gasteiger partial charge on any atom is 0.317 e. The van der Waals surface area contributed by atoms with E-state index in [0.29, 0.717) is 6.61 Å². The number of nitrogens with zero attached hydrogens (tertiary/aromatic N) is 1. The number of hydrogen-bond donors (Lipinski definition) is 0. The fourth-order valence-corrected chi connectivity index (χ4v) is 3.44. The molecule has 0 aliphatic carbocycles. The predicted octanol–water partition coefficient (Wildman–Crippen LogP) is 3.64. The Morgan fingerprint density at radius 3 is 2.84 bits per heavy atom. The Morgan fingerprint density at radius 2 is 2.21 bits per heavy atom. The van der Waals surface area contributed by atoms with Crippen LogP contribution in [0.4, 0.5) is 0 Å². The second-order valence-corrected chi connectivity index (χ2v) is 6.70. The van der Waals surface area contributed by atoms with E-state index in [1.807, 2.05) is 32.2 Å². The Kier molecular flexibility index (Phi) is 4.37. The number of hydrogen-bond acceptors (Lipinski definition) is 5. The van der Waals surface area contributed by atoms with Crippen LogP contribution in [-0.4, -0.2) is 17.6 Å². The molecule has 0 spiro atoms. The van der Waals surface area contributed by atoms with Crippen molar-refractivity contribution >= 4 is 28.6 Å². The first kappa shape index (κ1) is 14.2. The molecule has 0 atom stereocenters. The number of thiophene rings is 1. The molecule has 0 saturated carbocycles. The predicted molar refractivity (Wildman–Crippen MR) is 78.9 cm³/mol. The molecule has 2 heterocycles. The van der Waals surface area contributed by atoms with E-state index in [2.05, 4.69) is 16.4 Å². The molecule has 0 fully saturated rings. The normalized spacial score (nSPS) is 11.5. The van der Waals surface area contributed by atoms with Gasteiger partial charge in [0.15, 0.2) is 0 Å². The van der Waals surface area contributed by atoms with Crippen molar-refractivity contribution in [3.63, 3.8) is 0 Å². The van der Waals surface area contributed by atoms with E-state index in [9.17, 15) is 4.79 Å². The first-order valence-electron chi connectivity index (χ1n) is 6.18.